The van der Waals surface area contributed by atoms with Crippen LogP contribution in [0, 0.1) is 20.8 Å². The summed E-state index contributed by atoms with van der Waals surface area (Å²) >= 11 is 1.59. The molecule has 1 aromatic carbocycles. The van der Waals surface area contributed by atoms with Gasteiger partial charge in [0.2, 0.25) is 0 Å². The van der Waals surface area contributed by atoms with E-state index in [0.717, 1.165) is 32.3 Å². The average molecular weight is 337 g/mol. The highest BCUT2D eigenvalue weighted by Crippen LogP contribution is 2.27. The van der Waals surface area contributed by atoms with Crippen LogP contribution < -0.4 is 5.32 Å². The van der Waals surface area contributed by atoms with E-state index in [1.54, 1.807) is 23.7 Å². The van der Waals surface area contributed by atoms with Crippen molar-refractivity contribution < 1.29 is 4.79 Å². The number of aryl methyl sites for hydroxylation is 3. The normalized spacial score (nSPS) is 10.6. The first kappa shape index (κ1) is 16.3. The molecule has 122 valence electrons. The number of aromatic nitrogens is 2. The average Bonchev–Trinajstić information content (AvgIpc) is 2.93. The zero-order chi connectivity index (χ0) is 17.1. The fraction of sp³-hybridized carbons (Fsp3) is 0.211. The van der Waals surface area contributed by atoms with E-state index >= 15 is 0 Å². The van der Waals surface area contributed by atoms with E-state index in [0.29, 0.717) is 12.1 Å². The van der Waals surface area contributed by atoms with Gasteiger partial charge in [-0.15, -0.1) is 11.3 Å². The van der Waals surface area contributed by atoms with Crippen LogP contribution in [0.1, 0.15) is 32.1 Å². The molecule has 0 atom stereocenters. The van der Waals surface area contributed by atoms with Crippen molar-refractivity contribution in [2.75, 3.05) is 0 Å². The van der Waals surface area contributed by atoms with Crippen LogP contribution in [0.5, 0.6) is 0 Å². The Hall–Kier alpha value is -2.53. The second kappa shape index (κ2) is 6.93. The summed E-state index contributed by atoms with van der Waals surface area (Å²) in [6, 6.07) is 9.76. The lowest BCUT2D eigenvalue weighted by Gasteiger charge is -2.06. The fourth-order valence-electron chi connectivity index (χ4n) is 2.57. The Morgan fingerprint density at radius 3 is 2.58 bits per heavy atom. The first-order valence-corrected chi connectivity index (χ1v) is 8.58. The minimum absolute atomic E-state index is 0.0578. The Bertz CT molecular complexity index is 851. The number of hydrogen-bond acceptors (Lipinski definition) is 4. The van der Waals surface area contributed by atoms with Crippen LogP contribution in [0.2, 0.25) is 0 Å². The second-order valence-corrected chi connectivity index (χ2v) is 6.91. The van der Waals surface area contributed by atoms with Crippen molar-refractivity contribution >= 4 is 17.2 Å². The molecule has 0 saturated heterocycles. The number of hydrogen-bond donors (Lipinski definition) is 1. The van der Waals surface area contributed by atoms with Crippen molar-refractivity contribution in [3.8, 4) is 10.6 Å². The molecule has 0 unspecified atom stereocenters. The Labute approximate surface area is 145 Å². The summed E-state index contributed by atoms with van der Waals surface area (Å²) in [6.07, 6.45) is 3.55. The van der Waals surface area contributed by atoms with Crippen molar-refractivity contribution in [3.63, 3.8) is 0 Å². The topological polar surface area (TPSA) is 54.9 Å². The maximum Gasteiger partial charge on any atom is 0.251 e. The number of nitrogens with one attached hydrogen (secondary N) is 1. The fourth-order valence-corrected chi connectivity index (χ4v) is 3.57. The van der Waals surface area contributed by atoms with Gasteiger partial charge in [-0.1, -0.05) is 17.2 Å². The summed E-state index contributed by atoms with van der Waals surface area (Å²) in [4.78, 5) is 22.1. The van der Waals surface area contributed by atoms with Gasteiger partial charge in [0.1, 0.15) is 5.01 Å². The monoisotopic (exact) mass is 337 g/mol. The molecule has 0 bridgehead atoms. The van der Waals surface area contributed by atoms with Gasteiger partial charge >= 0.3 is 0 Å². The number of thiazole rings is 1. The Morgan fingerprint density at radius 1 is 1.17 bits per heavy atom. The molecule has 0 saturated carbocycles. The van der Waals surface area contributed by atoms with Gasteiger partial charge in [-0.05, 0) is 45.0 Å². The molecule has 0 aliphatic carbocycles. The Kier molecular flexibility index (Phi) is 4.71. The lowest BCUT2D eigenvalue weighted by Crippen LogP contribution is -2.22. The van der Waals surface area contributed by atoms with Crippen LogP contribution in [0.25, 0.3) is 10.6 Å². The molecule has 0 aliphatic rings. The van der Waals surface area contributed by atoms with Gasteiger partial charge < -0.3 is 5.32 Å². The Morgan fingerprint density at radius 2 is 1.92 bits per heavy atom. The molecule has 4 nitrogen and oxygen atoms in total. The molecular formula is C19H19N3OS. The summed E-state index contributed by atoms with van der Waals surface area (Å²) in [7, 11) is 0. The summed E-state index contributed by atoms with van der Waals surface area (Å²) in [5, 5.41) is 3.92. The zero-order valence-electron chi connectivity index (χ0n) is 14.0. The molecule has 0 spiro atoms. The van der Waals surface area contributed by atoms with Gasteiger partial charge in [-0.25, -0.2) is 4.98 Å². The zero-order valence-corrected chi connectivity index (χ0v) is 14.8. The van der Waals surface area contributed by atoms with E-state index < -0.39 is 0 Å². The number of benzene rings is 1. The number of carbonyl (C=O) groups is 1. The summed E-state index contributed by atoms with van der Waals surface area (Å²) in [6.45, 7) is 6.44. The van der Waals surface area contributed by atoms with Gasteiger partial charge in [-0.2, -0.15) is 0 Å². The third-order valence-corrected chi connectivity index (χ3v) is 4.90. The van der Waals surface area contributed by atoms with Crippen molar-refractivity contribution in [1.29, 1.82) is 0 Å². The molecule has 2 heterocycles. The van der Waals surface area contributed by atoms with E-state index in [-0.39, 0.29) is 5.91 Å². The van der Waals surface area contributed by atoms with Crippen LogP contribution in [0.15, 0.2) is 42.7 Å². The Balaban J connectivity index is 1.73. The minimum atomic E-state index is -0.0578. The molecule has 1 amide bonds. The van der Waals surface area contributed by atoms with Gasteiger partial charge in [-0.3, -0.25) is 9.78 Å². The number of pyridine rings is 1. The first-order valence-electron chi connectivity index (χ1n) is 7.76. The van der Waals surface area contributed by atoms with E-state index in [2.05, 4.69) is 21.4 Å². The maximum atomic E-state index is 12.4. The first-order chi connectivity index (χ1) is 11.5. The molecule has 3 aromatic rings. The predicted molar refractivity (Wildman–Crippen MR) is 97.2 cm³/mol. The lowest BCUT2D eigenvalue weighted by atomic mass is 10.1. The van der Waals surface area contributed by atoms with E-state index in [9.17, 15) is 4.79 Å². The third-order valence-electron chi connectivity index (χ3n) is 3.69. The summed E-state index contributed by atoms with van der Waals surface area (Å²) in [5.41, 5.74) is 4.82. The molecule has 0 fully saturated rings. The quantitative estimate of drug-likeness (QED) is 0.781. The van der Waals surface area contributed by atoms with E-state index in [1.165, 1.54) is 0 Å². The van der Waals surface area contributed by atoms with E-state index in [4.69, 9.17) is 0 Å². The molecular weight excluding hydrogens is 318 g/mol. The van der Waals surface area contributed by atoms with Gasteiger partial charge in [0.25, 0.3) is 5.91 Å². The molecule has 3 rings (SSSR count). The largest absolute Gasteiger partial charge is 0.347 e. The minimum Gasteiger partial charge on any atom is -0.347 e. The summed E-state index contributed by atoms with van der Waals surface area (Å²) < 4.78 is 0. The van der Waals surface area contributed by atoms with Crippen LogP contribution in [0.4, 0.5) is 0 Å². The molecule has 2 aromatic heterocycles. The van der Waals surface area contributed by atoms with Crippen LogP contribution in [-0.4, -0.2) is 15.9 Å². The van der Waals surface area contributed by atoms with Crippen molar-refractivity contribution in [2.24, 2.45) is 0 Å². The van der Waals surface area contributed by atoms with Gasteiger partial charge in [0.15, 0.2) is 0 Å². The van der Waals surface area contributed by atoms with Crippen LogP contribution in [-0.2, 0) is 6.54 Å². The number of rotatable bonds is 4. The van der Waals surface area contributed by atoms with Gasteiger partial charge in [0.05, 0.1) is 12.2 Å². The van der Waals surface area contributed by atoms with E-state index in [1.807, 2.05) is 45.0 Å². The van der Waals surface area contributed by atoms with Gasteiger partial charge in [0, 0.05) is 28.4 Å². The van der Waals surface area contributed by atoms with Crippen molar-refractivity contribution in [1.82, 2.24) is 15.3 Å². The number of nitrogens with zero attached hydrogens (tertiary/aromatic N) is 2. The summed E-state index contributed by atoms with van der Waals surface area (Å²) in [5.74, 6) is -0.0578. The lowest BCUT2D eigenvalue weighted by molar-refractivity contribution is 0.0951. The van der Waals surface area contributed by atoms with Crippen LogP contribution >= 0.6 is 11.3 Å². The van der Waals surface area contributed by atoms with Crippen LogP contribution in [0.3, 0.4) is 0 Å². The van der Waals surface area contributed by atoms with Crippen molar-refractivity contribution in [2.45, 2.75) is 27.3 Å². The number of amides is 1. The van der Waals surface area contributed by atoms with Crippen molar-refractivity contribution in [3.05, 3.63) is 70.0 Å². The molecule has 0 aliphatic heterocycles. The smallest absolute Gasteiger partial charge is 0.251 e. The predicted octanol–water partition coefficient (Wildman–Crippen LogP) is 4.06. The highest BCUT2D eigenvalue weighted by atomic mass is 32.1. The third kappa shape index (κ3) is 3.68. The SMILES string of the molecule is Cc1cc(C)cc(C(=O)NCc2sc(-c3cccnc3)nc2C)c1. The molecule has 24 heavy (non-hydrogen) atoms. The molecule has 0 radical (unpaired) electrons. The molecule has 5 heteroatoms. The second-order valence-electron chi connectivity index (χ2n) is 5.83. The standard InChI is InChI=1S/C19H19N3OS/c1-12-7-13(2)9-16(8-12)18(23)21-11-17-14(3)22-19(24-17)15-5-4-6-20-10-15/h4-10H,11H2,1-3H3,(H,21,23). The molecule has 1 N–H and O–H groups in total. The highest BCUT2D eigenvalue weighted by Gasteiger charge is 2.12. The number of carbonyl (C=O) groups excluding carboxylic acids is 1. The highest BCUT2D eigenvalue weighted by molar-refractivity contribution is 7.15. The maximum absolute atomic E-state index is 12.4.